The van der Waals surface area contributed by atoms with Gasteiger partial charge in [0.05, 0.1) is 19.1 Å². The molecule has 0 spiro atoms. The molecule has 1 N–H and O–H groups in total. The Balaban J connectivity index is 1.84. The third kappa shape index (κ3) is 2.41. The highest BCUT2D eigenvalue weighted by Gasteiger charge is 2.27. The van der Waals surface area contributed by atoms with Gasteiger partial charge in [0, 0.05) is 6.54 Å². The number of amides is 1. The molecule has 2 aromatic carbocycles. The van der Waals surface area contributed by atoms with Crippen molar-refractivity contribution in [3.8, 4) is 0 Å². The van der Waals surface area contributed by atoms with Crippen molar-refractivity contribution >= 4 is 16.7 Å². The summed E-state index contributed by atoms with van der Waals surface area (Å²) in [6, 6.07) is 14.2. The van der Waals surface area contributed by atoms with Crippen LogP contribution in [0.1, 0.15) is 18.4 Å². The molecule has 0 bridgehead atoms. The smallest absolute Gasteiger partial charge is 0.227 e. The van der Waals surface area contributed by atoms with Crippen LogP contribution in [-0.2, 0) is 11.2 Å². The molecule has 1 amide bonds. The van der Waals surface area contributed by atoms with Crippen molar-refractivity contribution in [2.75, 3.05) is 13.2 Å². The summed E-state index contributed by atoms with van der Waals surface area (Å²) in [4.78, 5) is 14.3. The number of likely N-dealkylation sites (tertiary alicyclic amines) is 1. The number of carbonyl (C=O) groups excluding carboxylic acids is 1. The van der Waals surface area contributed by atoms with Crippen molar-refractivity contribution in [3.05, 3.63) is 48.0 Å². The largest absolute Gasteiger partial charge is 0.394 e. The number of benzene rings is 2. The molecule has 1 aliphatic heterocycles. The Morgan fingerprint density at radius 3 is 2.85 bits per heavy atom. The van der Waals surface area contributed by atoms with Gasteiger partial charge in [-0.05, 0) is 29.2 Å². The van der Waals surface area contributed by atoms with E-state index in [-0.39, 0.29) is 18.6 Å². The number of hydrogen-bond donors (Lipinski definition) is 1. The lowest BCUT2D eigenvalue weighted by Crippen LogP contribution is -2.38. The Hall–Kier alpha value is -1.87. The molecule has 2 aromatic rings. The van der Waals surface area contributed by atoms with Gasteiger partial charge in [-0.1, -0.05) is 42.5 Å². The van der Waals surface area contributed by atoms with Gasteiger partial charge in [-0.3, -0.25) is 4.79 Å². The monoisotopic (exact) mass is 269 g/mol. The minimum atomic E-state index is 0.0116. The summed E-state index contributed by atoms with van der Waals surface area (Å²) in [7, 11) is 0. The summed E-state index contributed by atoms with van der Waals surface area (Å²) in [5.41, 5.74) is 1.07. The number of rotatable bonds is 3. The lowest BCUT2D eigenvalue weighted by atomic mass is 10.0. The zero-order valence-electron chi connectivity index (χ0n) is 11.5. The Bertz CT molecular complexity index is 618. The quantitative estimate of drug-likeness (QED) is 0.929. The van der Waals surface area contributed by atoms with Crippen LogP contribution in [-0.4, -0.2) is 35.1 Å². The van der Waals surface area contributed by atoms with E-state index in [1.54, 1.807) is 0 Å². The first-order valence-corrected chi connectivity index (χ1v) is 7.16. The lowest BCUT2D eigenvalue weighted by Gasteiger charge is -2.23. The first-order valence-electron chi connectivity index (χ1n) is 7.16. The zero-order valence-corrected chi connectivity index (χ0v) is 11.5. The molecule has 1 unspecified atom stereocenters. The van der Waals surface area contributed by atoms with Crippen LogP contribution in [0.3, 0.4) is 0 Å². The van der Waals surface area contributed by atoms with Crippen molar-refractivity contribution in [1.29, 1.82) is 0 Å². The van der Waals surface area contributed by atoms with Crippen molar-refractivity contribution in [3.63, 3.8) is 0 Å². The molecule has 3 nitrogen and oxygen atoms in total. The number of aliphatic hydroxyl groups is 1. The Morgan fingerprint density at radius 2 is 2.00 bits per heavy atom. The maximum Gasteiger partial charge on any atom is 0.227 e. The van der Waals surface area contributed by atoms with Gasteiger partial charge in [-0.25, -0.2) is 0 Å². The standard InChI is InChI=1S/C17H19NO2/c19-12-15-8-4-10-18(15)17(20)11-14-7-3-6-13-5-1-2-9-16(13)14/h1-3,5-7,9,15,19H,4,8,10-12H2. The molecule has 1 atom stereocenters. The van der Waals surface area contributed by atoms with Gasteiger partial charge in [-0.15, -0.1) is 0 Å². The molecule has 0 aromatic heterocycles. The number of carbonyl (C=O) groups is 1. The maximum atomic E-state index is 12.4. The van der Waals surface area contributed by atoms with Crippen LogP contribution in [0.25, 0.3) is 10.8 Å². The van der Waals surface area contributed by atoms with E-state index in [1.807, 2.05) is 29.2 Å². The van der Waals surface area contributed by atoms with Gasteiger partial charge >= 0.3 is 0 Å². The SMILES string of the molecule is O=C(Cc1cccc2ccccc12)N1CCCC1CO. The number of hydrogen-bond acceptors (Lipinski definition) is 2. The second-order valence-electron chi connectivity index (χ2n) is 5.38. The van der Waals surface area contributed by atoms with Crippen LogP contribution in [0, 0.1) is 0 Å². The van der Waals surface area contributed by atoms with E-state index < -0.39 is 0 Å². The van der Waals surface area contributed by atoms with Gasteiger partial charge in [0.1, 0.15) is 0 Å². The van der Waals surface area contributed by atoms with Crippen molar-refractivity contribution in [2.24, 2.45) is 0 Å². The second kappa shape index (κ2) is 5.63. The van der Waals surface area contributed by atoms with E-state index in [1.165, 1.54) is 0 Å². The molecular formula is C17H19NO2. The maximum absolute atomic E-state index is 12.4. The van der Waals surface area contributed by atoms with E-state index >= 15 is 0 Å². The Morgan fingerprint density at radius 1 is 1.20 bits per heavy atom. The third-order valence-corrected chi connectivity index (χ3v) is 4.13. The fraction of sp³-hybridized carbons (Fsp3) is 0.353. The predicted octanol–water partition coefficient (Wildman–Crippen LogP) is 2.37. The molecule has 1 fully saturated rings. The zero-order chi connectivity index (χ0) is 13.9. The van der Waals surface area contributed by atoms with Gasteiger partial charge < -0.3 is 10.0 Å². The van der Waals surface area contributed by atoms with Gasteiger partial charge in [0.25, 0.3) is 0 Å². The van der Waals surface area contributed by atoms with E-state index in [0.717, 1.165) is 35.7 Å². The Labute approximate surface area is 118 Å². The lowest BCUT2D eigenvalue weighted by molar-refractivity contribution is -0.131. The van der Waals surface area contributed by atoms with E-state index in [9.17, 15) is 9.90 Å². The number of nitrogens with zero attached hydrogens (tertiary/aromatic N) is 1. The topological polar surface area (TPSA) is 40.5 Å². The molecule has 1 aliphatic rings. The van der Waals surface area contributed by atoms with Gasteiger partial charge in [0.2, 0.25) is 5.91 Å². The summed E-state index contributed by atoms with van der Waals surface area (Å²) >= 11 is 0. The molecule has 3 rings (SSSR count). The molecular weight excluding hydrogens is 250 g/mol. The highest BCUT2D eigenvalue weighted by atomic mass is 16.3. The average molecular weight is 269 g/mol. The number of aliphatic hydroxyl groups excluding tert-OH is 1. The van der Waals surface area contributed by atoms with E-state index in [0.29, 0.717) is 6.42 Å². The second-order valence-corrected chi connectivity index (χ2v) is 5.38. The summed E-state index contributed by atoms with van der Waals surface area (Å²) in [5, 5.41) is 11.6. The molecule has 1 heterocycles. The molecule has 104 valence electrons. The molecule has 0 aliphatic carbocycles. The summed E-state index contributed by atoms with van der Waals surface area (Å²) in [6.07, 6.45) is 2.32. The van der Waals surface area contributed by atoms with Crippen molar-refractivity contribution < 1.29 is 9.90 Å². The highest BCUT2D eigenvalue weighted by Crippen LogP contribution is 2.22. The van der Waals surface area contributed by atoms with Crippen molar-refractivity contribution in [1.82, 2.24) is 4.90 Å². The first-order chi connectivity index (χ1) is 9.79. The molecule has 1 saturated heterocycles. The normalized spacial score (nSPS) is 18.6. The van der Waals surface area contributed by atoms with Crippen LogP contribution in [0.15, 0.2) is 42.5 Å². The molecule has 0 radical (unpaired) electrons. The summed E-state index contributed by atoms with van der Waals surface area (Å²) < 4.78 is 0. The summed E-state index contributed by atoms with van der Waals surface area (Å²) in [6.45, 7) is 0.843. The van der Waals surface area contributed by atoms with Crippen LogP contribution in [0.2, 0.25) is 0 Å². The first kappa shape index (κ1) is 13.1. The fourth-order valence-corrected chi connectivity index (χ4v) is 3.06. The highest BCUT2D eigenvalue weighted by molar-refractivity contribution is 5.90. The van der Waals surface area contributed by atoms with E-state index in [4.69, 9.17) is 0 Å². The fourth-order valence-electron chi connectivity index (χ4n) is 3.06. The van der Waals surface area contributed by atoms with E-state index in [2.05, 4.69) is 18.2 Å². The van der Waals surface area contributed by atoms with Crippen LogP contribution >= 0.6 is 0 Å². The number of fused-ring (bicyclic) bond motifs is 1. The van der Waals surface area contributed by atoms with Gasteiger partial charge in [-0.2, -0.15) is 0 Å². The third-order valence-electron chi connectivity index (χ3n) is 4.13. The molecule has 0 saturated carbocycles. The van der Waals surface area contributed by atoms with Crippen LogP contribution in [0.5, 0.6) is 0 Å². The van der Waals surface area contributed by atoms with Crippen LogP contribution in [0.4, 0.5) is 0 Å². The Kier molecular flexibility index (Phi) is 3.70. The molecule has 3 heteroatoms. The van der Waals surface area contributed by atoms with Crippen molar-refractivity contribution in [2.45, 2.75) is 25.3 Å². The average Bonchev–Trinajstić information content (AvgIpc) is 2.96. The van der Waals surface area contributed by atoms with Gasteiger partial charge in [0.15, 0.2) is 0 Å². The minimum absolute atomic E-state index is 0.0116. The minimum Gasteiger partial charge on any atom is -0.394 e. The molecule has 20 heavy (non-hydrogen) atoms. The summed E-state index contributed by atoms with van der Waals surface area (Å²) in [5.74, 6) is 0.123. The predicted molar refractivity (Wildman–Crippen MR) is 79.5 cm³/mol. The van der Waals surface area contributed by atoms with Crippen LogP contribution < -0.4 is 0 Å².